The van der Waals surface area contributed by atoms with Crippen molar-refractivity contribution in [1.82, 2.24) is 5.32 Å². The smallest absolute Gasteiger partial charge is 0.425 e. The molecular formula is C20H23NO15. The molecule has 0 radical (unpaired) electrons. The maximum Gasteiger partial charge on any atom is 0.425 e. The standard InChI is InChI=1S/C20H23NO15/c1-6-8(22)12(26)17-16(9(6)23)32-20(35-33-17)18(28)19(29,34-36-20)21-5-4-7-10(24)13(27)15(31-3)14(30-2)11(7)25/h18,21-29H,4-5H2,1-3H3. The maximum absolute atomic E-state index is 10.7. The zero-order valence-corrected chi connectivity index (χ0v) is 18.9. The van der Waals surface area contributed by atoms with Crippen molar-refractivity contribution in [2.45, 2.75) is 31.3 Å². The lowest BCUT2D eigenvalue weighted by molar-refractivity contribution is -0.532. The van der Waals surface area contributed by atoms with Gasteiger partial charge in [0.15, 0.2) is 23.0 Å². The molecular weight excluding hydrogens is 494 g/mol. The summed E-state index contributed by atoms with van der Waals surface area (Å²) in [6, 6.07) is 0. The van der Waals surface area contributed by atoms with E-state index in [-0.39, 0.29) is 35.6 Å². The number of rotatable bonds is 6. The van der Waals surface area contributed by atoms with Gasteiger partial charge in [0.2, 0.25) is 34.9 Å². The van der Waals surface area contributed by atoms with Gasteiger partial charge in [-0.1, -0.05) is 0 Å². The normalized spacial score (nSPS) is 24.8. The highest BCUT2D eigenvalue weighted by atomic mass is 17.4. The fourth-order valence-corrected chi connectivity index (χ4v) is 3.62. The number of aromatic hydroxyl groups is 6. The van der Waals surface area contributed by atoms with Crippen LogP contribution in [-0.2, 0) is 21.1 Å². The molecule has 0 aromatic heterocycles. The number of hydrogen-bond acceptors (Lipinski definition) is 16. The Hall–Kier alpha value is -3.80. The summed E-state index contributed by atoms with van der Waals surface area (Å²) in [6.45, 7) is 0.910. The Morgan fingerprint density at radius 2 is 1.44 bits per heavy atom. The van der Waals surface area contributed by atoms with Crippen molar-refractivity contribution in [2.24, 2.45) is 0 Å². The first kappa shape index (κ1) is 25.3. The van der Waals surface area contributed by atoms with Gasteiger partial charge in [0, 0.05) is 17.7 Å². The van der Waals surface area contributed by atoms with E-state index in [1.165, 1.54) is 21.1 Å². The zero-order valence-electron chi connectivity index (χ0n) is 18.9. The molecule has 3 atom stereocenters. The van der Waals surface area contributed by atoms with E-state index in [1.807, 2.05) is 0 Å². The summed E-state index contributed by atoms with van der Waals surface area (Å²) >= 11 is 0. The van der Waals surface area contributed by atoms with Crippen LogP contribution in [-0.4, -0.2) is 79.6 Å². The van der Waals surface area contributed by atoms with Gasteiger partial charge in [-0.3, -0.25) is 5.32 Å². The first-order valence-corrected chi connectivity index (χ1v) is 10.1. The van der Waals surface area contributed by atoms with Crippen molar-refractivity contribution in [3.63, 3.8) is 0 Å². The molecule has 2 aromatic rings. The van der Waals surface area contributed by atoms with Crippen LogP contribution in [0.25, 0.3) is 0 Å². The van der Waals surface area contributed by atoms with Gasteiger partial charge in [0.25, 0.3) is 11.7 Å². The summed E-state index contributed by atoms with van der Waals surface area (Å²) in [5.41, 5.74) is -0.408. The molecule has 3 unspecified atom stereocenters. The highest BCUT2D eigenvalue weighted by molar-refractivity contribution is 5.69. The number of benzene rings is 2. The Morgan fingerprint density at radius 1 is 0.806 bits per heavy atom. The number of hydrogen-bond donors (Lipinski definition) is 9. The van der Waals surface area contributed by atoms with Crippen LogP contribution < -0.4 is 24.4 Å². The topological polar surface area (TPSA) is 238 Å². The summed E-state index contributed by atoms with van der Waals surface area (Å²) < 4.78 is 15.2. The minimum absolute atomic E-state index is 0.202. The first-order chi connectivity index (χ1) is 16.9. The van der Waals surface area contributed by atoms with Gasteiger partial charge >= 0.3 is 5.97 Å². The largest absolute Gasteiger partial charge is 0.504 e. The molecule has 2 aliphatic heterocycles. The Balaban J connectivity index is 1.53. The molecule has 2 aromatic carbocycles. The molecule has 16 nitrogen and oxygen atoms in total. The van der Waals surface area contributed by atoms with Crippen molar-refractivity contribution in [3.05, 3.63) is 11.1 Å². The van der Waals surface area contributed by atoms with E-state index in [2.05, 4.69) is 5.32 Å². The fraction of sp³-hybridized carbons (Fsp3) is 0.400. The molecule has 198 valence electrons. The van der Waals surface area contributed by atoms with E-state index in [4.69, 9.17) is 33.8 Å². The maximum atomic E-state index is 10.7. The monoisotopic (exact) mass is 517 g/mol. The van der Waals surface area contributed by atoms with Gasteiger partial charge < -0.3 is 60.0 Å². The van der Waals surface area contributed by atoms with Crippen molar-refractivity contribution in [3.8, 4) is 57.5 Å². The molecule has 1 spiro atoms. The highest BCUT2D eigenvalue weighted by Gasteiger charge is 2.68. The predicted molar refractivity (Wildman–Crippen MR) is 111 cm³/mol. The quantitative estimate of drug-likeness (QED) is 0.101. The van der Waals surface area contributed by atoms with Crippen LogP contribution >= 0.6 is 0 Å². The van der Waals surface area contributed by atoms with E-state index >= 15 is 0 Å². The van der Waals surface area contributed by atoms with Gasteiger partial charge in [-0.15, -0.1) is 9.78 Å². The van der Waals surface area contributed by atoms with E-state index in [9.17, 15) is 40.9 Å². The summed E-state index contributed by atoms with van der Waals surface area (Å²) in [5.74, 6) is -11.5. The number of fused-ring (bicyclic) bond motifs is 1. The second-order valence-corrected chi connectivity index (χ2v) is 7.73. The Morgan fingerprint density at radius 3 is 2.08 bits per heavy atom. The second-order valence-electron chi connectivity index (χ2n) is 7.73. The van der Waals surface area contributed by atoms with Gasteiger partial charge in [-0.05, 0) is 13.3 Å². The van der Waals surface area contributed by atoms with Crippen molar-refractivity contribution in [1.29, 1.82) is 0 Å². The molecule has 0 amide bonds. The fourth-order valence-electron chi connectivity index (χ4n) is 3.62. The van der Waals surface area contributed by atoms with Crippen LogP contribution in [0.4, 0.5) is 0 Å². The average Bonchev–Trinajstić information content (AvgIpc) is 3.10. The summed E-state index contributed by atoms with van der Waals surface area (Å²) in [6.07, 6.45) is -2.51. The molecule has 0 saturated carbocycles. The molecule has 4 rings (SSSR count). The Labute approximate surface area is 201 Å². The number of ether oxygens (including phenoxy) is 3. The van der Waals surface area contributed by atoms with Crippen LogP contribution in [0.3, 0.4) is 0 Å². The van der Waals surface area contributed by atoms with E-state index in [0.717, 1.165) is 0 Å². The third kappa shape index (κ3) is 3.55. The lowest BCUT2D eigenvalue weighted by Gasteiger charge is -2.34. The third-order valence-electron chi connectivity index (χ3n) is 5.64. The SMILES string of the molecule is COc1c(O)c(O)c(CCNC2(O)OOC3(OOc4c(O)c(O)c(C)c(O)c4O3)C2O)c(O)c1OC. The summed E-state index contributed by atoms with van der Waals surface area (Å²) in [4.78, 5) is 19.2. The third-order valence-corrected chi connectivity index (χ3v) is 5.64. The highest BCUT2D eigenvalue weighted by Crippen LogP contribution is 2.56. The van der Waals surface area contributed by atoms with Crippen molar-refractivity contribution >= 4 is 0 Å². The predicted octanol–water partition coefficient (Wildman–Crippen LogP) is -0.596. The second kappa shape index (κ2) is 8.70. The van der Waals surface area contributed by atoms with Gasteiger partial charge in [0.1, 0.15) is 0 Å². The molecule has 0 bridgehead atoms. The molecule has 0 aliphatic carbocycles. The number of aliphatic hydroxyl groups excluding tert-OH is 1. The lowest BCUT2D eigenvalue weighted by atomic mass is 10.1. The van der Waals surface area contributed by atoms with Crippen molar-refractivity contribution < 1.29 is 74.6 Å². The molecule has 1 saturated heterocycles. The Bertz CT molecular complexity index is 1200. The van der Waals surface area contributed by atoms with E-state index in [1.54, 1.807) is 0 Å². The number of nitrogens with one attached hydrogen (secondary N) is 1. The summed E-state index contributed by atoms with van der Waals surface area (Å²) in [5, 5.41) is 84.6. The van der Waals surface area contributed by atoms with Crippen LogP contribution in [0.1, 0.15) is 11.1 Å². The Kier molecular flexibility index (Phi) is 6.11. The summed E-state index contributed by atoms with van der Waals surface area (Å²) in [7, 11) is 2.38. The number of phenolic OH excluding ortho intramolecular Hbond substituents is 6. The molecule has 2 heterocycles. The minimum atomic E-state index is -2.74. The lowest BCUT2D eigenvalue weighted by Crippen LogP contribution is -2.61. The average molecular weight is 517 g/mol. The van der Waals surface area contributed by atoms with Gasteiger partial charge in [-0.25, -0.2) is 0 Å². The number of phenols is 6. The number of methoxy groups -OCH3 is 2. The zero-order chi connectivity index (χ0) is 26.6. The van der Waals surface area contributed by atoms with Crippen LogP contribution in [0.15, 0.2) is 0 Å². The van der Waals surface area contributed by atoms with Gasteiger partial charge in [-0.2, -0.15) is 4.89 Å². The first-order valence-electron chi connectivity index (χ1n) is 10.1. The molecule has 16 heteroatoms. The molecule has 9 N–H and O–H groups in total. The van der Waals surface area contributed by atoms with Crippen LogP contribution in [0.2, 0.25) is 0 Å². The molecule has 36 heavy (non-hydrogen) atoms. The van der Waals surface area contributed by atoms with E-state index < -0.39 is 64.0 Å². The van der Waals surface area contributed by atoms with Crippen molar-refractivity contribution in [2.75, 3.05) is 20.8 Å². The van der Waals surface area contributed by atoms with Gasteiger partial charge in [0.05, 0.1) is 14.2 Å². The molecule has 2 aliphatic rings. The van der Waals surface area contributed by atoms with Crippen LogP contribution in [0, 0.1) is 6.92 Å². The number of aliphatic hydroxyl groups is 2. The molecule has 1 fully saturated rings. The minimum Gasteiger partial charge on any atom is -0.504 e. The van der Waals surface area contributed by atoms with Crippen LogP contribution in [0.5, 0.6) is 57.5 Å². The van der Waals surface area contributed by atoms with E-state index in [0.29, 0.717) is 0 Å².